The first-order chi connectivity index (χ1) is 20.1. The fraction of sp³-hybridized carbons (Fsp3) is 0.0556. The Morgan fingerprint density at radius 1 is 0.585 bits per heavy atom. The third-order valence-electron chi connectivity index (χ3n) is 8.80. The summed E-state index contributed by atoms with van der Waals surface area (Å²) in [5.74, 6) is 0.697. The van der Waals surface area contributed by atoms with Gasteiger partial charge in [-0.1, -0.05) is 104 Å². The Balaban J connectivity index is 1.44. The molecule has 1 aliphatic heterocycles. The summed E-state index contributed by atoms with van der Waals surface area (Å²) in [7, 11) is -2.03. The van der Waals surface area contributed by atoms with Crippen LogP contribution in [-0.4, -0.2) is 22.6 Å². The normalized spacial score (nSPS) is 13.8. The predicted molar refractivity (Wildman–Crippen MR) is 171 cm³/mol. The lowest BCUT2D eigenvalue weighted by atomic mass is 10.1. The lowest BCUT2D eigenvalue weighted by Gasteiger charge is -2.21. The molecule has 9 rings (SSSR count). The zero-order valence-electron chi connectivity index (χ0n) is 22.7. The second-order valence-corrected chi connectivity index (χ2v) is 15.7. The van der Waals surface area contributed by atoms with Crippen molar-refractivity contribution in [2.75, 3.05) is 0 Å². The van der Waals surface area contributed by atoms with Gasteiger partial charge in [0, 0.05) is 27.1 Å². The Hall–Kier alpha value is -5.00. The van der Waals surface area contributed by atoms with E-state index in [1.165, 1.54) is 15.9 Å². The third kappa shape index (κ3) is 3.04. The van der Waals surface area contributed by atoms with Crippen LogP contribution in [0.5, 0.6) is 0 Å². The minimum Gasteiger partial charge on any atom is -0.456 e. The van der Waals surface area contributed by atoms with Gasteiger partial charge in [-0.2, -0.15) is 0 Å². The molecule has 8 aromatic rings. The predicted octanol–water partition coefficient (Wildman–Crippen LogP) is 7.94. The van der Waals surface area contributed by atoms with Crippen molar-refractivity contribution in [3.05, 3.63) is 115 Å². The summed E-state index contributed by atoms with van der Waals surface area (Å²) in [5, 5.41) is 7.24. The molecule has 4 nitrogen and oxygen atoms in total. The smallest absolute Gasteiger partial charge is 0.235 e. The molecular formula is C36H25N3OSi. The Morgan fingerprint density at radius 3 is 2.17 bits per heavy atom. The van der Waals surface area contributed by atoms with Crippen molar-refractivity contribution in [3.63, 3.8) is 0 Å². The van der Waals surface area contributed by atoms with E-state index in [1.807, 2.05) is 12.1 Å². The standard InChI is InChI=1S/C36H25N3OSi/c1-41(2)32-19-11-8-16-25(32)34-35(41)33(22-12-4-3-5-13-22)37-36(38-34)39-28-17-9-6-14-23(28)26-21-31-27(20-29(26)39)24-15-7-10-18-30(24)40-31/h3-21H,1-2H3. The Morgan fingerprint density at radius 2 is 1.29 bits per heavy atom. The topological polar surface area (TPSA) is 43.9 Å². The Bertz CT molecular complexity index is 2350. The van der Waals surface area contributed by atoms with Gasteiger partial charge < -0.3 is 4.42 Å². The van der Waals surface area contributed by atoms with Crippen molar-refractivity contribution in [3.8, 4) is 28.5 Å². The van der Waals surface area contributed by atoms with Crippen LogP contribution in [0, 0.1) is 0 Å². The summed E-state index contributed by atoms with van der Waals surface area (Å²) in [4.78, 5) is 10.8. The van der Waals surface area contributed by atoms with Crippen LogP contribution < -0.4 is 10.4 Å². The van der Waals surface area contributed by atoms with Gasteiger partial charge in [-0.05, 0) is 40.2 Å². The van der Waals surface area contributed by atoms with Crippen molar-refractivity contribution in [2.24, 2.45) is 0 Å². The maximum absolute atomic E-state index is 6.29. The number of benzene rings is 5. The van der Waals surface area contributed by atoms with Crippen molar-refractivity contribution in [1.82, 2.24) is 14.5 Å². The molecule has 194 valence electrons. The summed E-state index contributed by atoms with van der Waals surface area (Å²) in [6, 6.07) is 40.6. The molecule has 0 atom stereocenters. The second-order valence-electron chi connectivity index (χ2n) is 11.4. The zero-order chi connectivity index (χ0) is 27.3. The Kier molecular flexibility index (Phi) is 4.46. The van der Waals surface area contributed by atoms with Gasteiger partial charge in [-0.15, -0.1) is 0 Å². The summed E-state index contributed by atoms with van der Waals surface area (Å²) < 4.78 is 8.53. The van der Waals surface area contributed by atoms with Crippen LogP contribution >= 0.6 is 0 Å². The molecule has 0 aliphatic carbocycles. The van der Waals surface area contributed by atoms with E-state index in [-0.39, 0.29) is 0 Å². The molecule has 4 heterocycles. The van der Waals surface area contributed by atoms with E-state index in [9.17, 15) is 0 Å². The molecule has 0 unspecified atom stereocenters. The van der Waals surface area contributed by atoms with E-state index >= 15 is 0 Å². The maximum Gasteiger partial charge on any atom is 0.235 e. The SMILES string of the molecule is C[Si]1(C)c2ccccc2-c2nc(-n3c4ccccc4c4cc5oc6ccccc6c5cc43)nc(-c3ccccc3)c21. The van der Waals surface area contributed by atoms with Crippen LogP contribution in [0.2, 0.25) is 13.1 Å². The number of para-hydroxylation sites is 2. The maximum atomic E-state index is 6.29. The molecule has 5 aromatic carbocycles. The van der Waals surface area contributed by atoms with Gasteiger partial charge >= 0.3 is 0 Å². The number of hydrogen-bond donors (Lipinski definition) is 0. The highest BCUT2D eigenvalue weighted by atomic mass is 28.3. The van der Waals surface area contributed by atoms with Crippen LogP contribution in [0.3, 0.4) is 0 Å². The van der Waals surface area contributed by atoms with E-state index < -0.39 is 8.07 Å². The summed E-state index contributed by atoms with van der Waals surface area (Å²) in [6.07, 6.45) is 0. The quantitative estimate of drug-likeness (QED) is 0.208. The lowest BCUT2D eigenvalue weighted by molar-refractivity contribution is 0.669. The van der Waals surface area contributed by atoms with Gasteiger partial charge in [0.05, 0.1) is 22.4 Å². The summed E-state index contributed by atoms with van der Waals surface area (Å²) in [5.41, 5.74) is 8.43. The van der Waals surface area contributed by atoms with Gasteiger partial charge in [0.2, 0.25) is 5.95 Å². The first kappa shape index (κ1) is 22.8. The minimum atomic E-state index is -2.03. The first-order valence-corrected chi connectivity index (χ1v) is 17.0. The molecule has 1 aliphatic rings. The molecule has 0 radical (unpaired) electrons. The van der Waals surface area contributed by atoms with Crippen LogP contribution in [0.25, 0.3) is 72.2 Å². The Labute approximate surface area is 237 Å². The van der Waals surface area contributed by atoms with Gasteiger partial charge in [-0.25, -0.2) is 9.97 Å². The average Bonchev–Trinajstić information content (AvgIpc) is 3.62. The average molecular weight is 544 g/mol. The van der Waals surface area contributed by atoms with Gasteiger partial charge in [0.1, 0.15) is 19.2 Å². The number of furan rings is 1. The van der Waals surface area contributed by atoms with Crippen LogP contribution in [0.1, 0.15) is 0 Å². The fourth-order valence-corrected chi connectivity index (χ4v) is 10.1. The molecule has 41 heavy (non-hydrogen) atoms. The molecule has 0 amide bonds. The molecule has 3 aromatic heterocycles. The summed E-state index contributed by atoms with van der Waals surface area (Å²) >= 11 is 0. The highest BCUT2D eigenvalue weighted by Crippen LogP contribution is 2.39. The highest BCUT2D eigenvalue weighted by Gasteiger charge is 2.41. The molecule has 0 saturated heterocycles. The van der Waals surface area contributed by atoms with Gasteiger partial charge in [0.15, 0.2) is 0 Å². The number of nitrogens with zero attached hydrogens (tertiary/aromatic N) is 3. The molecular weight excluding hydrogens is 519 g/mol. The van der Waals surface area contributed by atoms with Gasteiger partial charge in [-0.3, -0.25) is 4.57 Å². The number of rotatable bonds is 2. The minimum absolute atomic E-state index is 0.697. The lowest BCUT2D eigenvalue weighted by Crippen LogP contribution is -2.50. The molecule has 5 heteroatoms. The molecule has 0 N–H and O–H groups in total. The molecule has 0 spiro atoms. The zero-order valence-corrected chi connectivity index (χ0v) is 23.7. The van der Waals surface area contributed by atoms with Crippen molar-refractivity contribution in [2.45, 2.75) is 13.1 Å². The number of fused-ring (bicyclic) bond motifs is 9. The monoisotopic (exact) mass is 543 g/mol. The van der Waals surface area contributed by atoms with E-state index in [1.54, 1.807) is 0 Å². The molecule has 0 fully saturated rings. The van der Waals surface area contributed by atoms with Gasteiger partial charge in [0.25, 0.3) is 0 Å². The largest absolute Gasteiger partial charge is 0.456 e. The number of aromatic nitrogens is 3. The third-order valence-corrected chi connectivity index (χ3v) is 12.3. The van der Waals surface area contributed by atoms with Crippen molar-refractivity contribution in [1.29, 1.82) is 0 Å². The highest BCUT2D eigenvalue weighted by molar-refractivity contribution is 7.04. The fourth-order valence-electron chi connectivity index (χ4n) is 6.91. The molecule has 0 bridgehead atoms. The van der Waals surface area contributed by atoms with Crippen molar-refractivity contribution >= 4 is 62.2 Å². The number of hydrogen-bond acceptors (Lipinski definition) is 3. The van der Waals surface area contributed by atoms with E-state index in [0.717, 1.165) is 60.7 Å². The van der Waals surface area contributed by atoms with E-state index in [2.05, 4.69) is 121 Å². The summed E-state index contributed by atoms with van der Waals surface area (Å²) in [6.45, 7) is 4.85. The molecule has 0 saturated carbocycles. The van der Waals surface area contributed by atoms with Crippen LogP contribution in [0.4, 0.5) is 0 Å². The van der Waals surface area contributed by atoms with Crippen molar-refractivity contribution < 1.29 is 4.42 Å². The van der Waals surface area contributed by atoms with Crippen LogP contribution in [0.15, 0.2) is 120 Å². The van der Waals surface area contributed by atoms with E-state index in [4.69, 9.17) is 14.4 Å². The van der Waals surface area contributed by atoms with E-state index in [0.29, 0.717) is 5.95 Å². The second kappa shape index (κ2) is 8.02. The van der Waals surface area contributed by atoms with Crippen LogP contribution in [-0.2, 0) is 0 Å². The first-order valence-electron chi connectivity index (χ1n) is 14.0.